The Morgan fingerprint density at radius 3 is 2.51 bits per heavy atom. The molecular weight excluding hydrogens is 541 g/mol. The first-order valence-electron chi connectivity index (χ1n) is 13.5. The topological polar surface area (TPSA) is 135 Å². The van der Waals surface area contributed by atoms with Crippen molar-refractivity contribution in [3.63, 3.8) is 0 Å². The van der Waals surface area contributed by atoms with Gasteiger partial charge in [0.2, 0.25) is 0 Å². The summed E-state index contributed by atoms with van der Waals surface area (Å²) in [5.41, 5.74) is 9.93. The maximum Gasteiger partial charge on any atom is 0.323 e. The molecule has 11 heteroatoms. The lowest BCUT2D eigenvalue weighted by molar-refractivity contribution is -0.153. The molecule has 1 fully saturated rings. The monoisotopic (exact) mass is 571 g/mol. The second kappa shape index (κ2) is 11.7. The van der Waals surface area contributed by atoms with Crippen LogP contribution in [0.25, 0.3) is 16.6 Å². The van der Waals surface area contributed by atoms with E-state index in [1.54, 1.807) is 10.6 Å². The molecule has 1 aliphatic carbocycles. The Morgan fingerprint density at radius 2 is 1.83 bits per heavy atom. The van der Waals surface area contributed by atoms with Crippen LogP contribution >= 0.6 is 11.8 Å². The molecule has 0 saturated heterocycles. The molecule has 1 aromatic carbocycles. The number of carbonyl (C=O) groups excluding carboxylic acids is 1. The Morgan fingerprint density at radius 1 is 1.10 bits per heavy atom. The van der Waals surface area contributed by atoms with E-state index in [9.17, 15) is 19.7 Å². The Bertz CT molecular complexity index is 1690. The summed E-state index contributed by atoms with van der Waals surface area (Å²) in [7, 11) is 0. The van der Waals surface area contributed by atoms with Crippen LogP contribution < -0.4 is 5.73 Å². The zero-order valence-corrected chi connectivity index (χ0v) is 23.9. The van der Waals surface area contributed by atoms with E-state index in [0.717, 1.165) is 42.5 Å². The van der Waals surface area contributed by atoms with Gasteiger partial charge in [-0.25, -0.2) is 8.91 Å². The number of esters is 1. The molecule has 1 atom stereocenters. The number of aromatic nitrogens is 4. The minimum Gasteiger partial charge on any atom is -0.461 e. The normalized spacial score (nSPS) is 17.8. The van der Waals surface area contributed by atoms with Gasteiger partial charge in [-0.05, 0) is 62.8 Å². The van der Waals surface area contributed by atoms with E-state index in [1.165, 1.54) is 30.1 Å². The number of ether oxygens (including phenoxy) is 1. The number of carbonyl (C=O) groups is 1. The average molecular weight is 572 g/mol. The Balaban J connectivity index is 1.41. The van der Waals surface area contributed by atoms with Crippen LogP contribution in [-0.4, -0.2) is 37.5 Å². The molecule has 2 N–H and O–H groups in total. The first-order chi connectivity index (χ1) is 19.7. The van der Waals surface area contributed by atoms with Gasteiger partial charge in [0, 0.05) is 32.8 Å². The molecule has 0 amide bonds. The summed E-state index contributed by atoms with van der Waals surface area (Å²) in [5, 5.41) is 28.4. The van der Waals surface area contributed by atoms with Gasteiger partial charge in [-0.15, -0.1) is 0 Å². The maximum atomic E-state index is 13.8. The van der Waals surface area contributed by atoms with E-state index in [-0.39, 0.29) is 29.6 Å². The number of benzene rings is 1. The molecule has 1 aliphatic rings. The fourth-order valence-corrected chi connectivity index (χ4v) is 6.26. The number of hydrogen-bond acceptors (Lipinski definition) is 8. The number of hydrogen-bond donors (Lipinski definition) is 1. The van der Waals surface area contributed by atoms with E-state index in [0.29, 0.717) is 20.9 Å². The summed E-state index contributed by atoms with van der Waals surface area (Å²) < 4.78 is 23.1. The predicted molar refractivity (Wildman–Crippen MR) is 151 cm³/mol. The molecule has 0 aliphatic heterocycles. The van der Waals surface area contributed by atoms with Crippen LogP contribution in [-0.2, 0) is 9.53 Å². The third-order valence-electron chi connectivity index (χ3n) is 7.60. The molecule has 0 spiro atoms. The molecule has 0 unspecified atom stereocenters. The van der Waals surface area contributed by atoms with E-state index < -0.39 is 11.9 Å². The molecule has 210 valence electrons. The highest BCUT2D eigenvalue weighted by Gasteiger charge is 2.29. The van der Waals surface area contributed by atoms with Gasteiger partial charge in [0.1, 0.15) is 30.1 Å². The fraction of sp³-hybridized carbons (Fsp3) is 0.367. The Labute approximate surface area is 241 Å². The largest absolute Gasteiger partial charge is 0.461 e. The molecular formula is C30H30FN7O2S. The highest BCUT2D eigenvalue weighted by molar-refractivity contribution is 7.99. The van der Waals surface area contributed by atoms with E-state index in [1.807, 2.05) is 43.9 Å². The third-order valence-corrected chi connectivity index (χ3v) is 8.70. The van der Waals surface area contributed by atoms with Crippen molar-refractivity contribution in [3.05, 3.63) is 65.5 Å². The second-order valence-corrected chi connectivity index (χ2v) is 11.7. The van der Waals surface area contributed by atoms with Crippen LogP contribution in [0.5, 0.6) is 0 Å². The summed E-state index contributed by atoms with van der Waals surface area (Å²) in [6, 6.07) is 9.82. The summed E-state index contributed by atoms with van der Waals surface area (Å²) >= 11 is 1.29. The molecule has 9 nitrogen and oxygen atoms in total. The second-order valence-electron chi connectivity index (χ2n) is 10.6. The lowest BCUT2D eigenvalue weighted by Crippen LogP contribution is -2.39. The van der Waals surface area contributed by atoms with E-state index in [2.05, 4.69) is 17.2 Å². The number of rotatable bonds is 7. The first kappa shape index (κ1) is 28.3. The predicted octanol–water partition coefficient (Wildman–Crippen LogP) is 5.55. The highest BCUT2D eigenvalue weighted by atomic mass is 32.2. The average Bonchev–Trinajstić information content (AvgIpc) is 3.57. The van der Waals surface area contributed by atoms with Gasteiger partial charge in [-0.3, -0.25) is 9.48 Å². The number of halogens is 1. The lowest BCUT2D eigenvalue weighted by atomic mass is 9.92. The van der Waals surface area contributed by atoms with Gasteiger partial charge in [0.25, 0.3) is 0 Å². The highest BCUT2D eigenvalue weighted by Crippen LogP contribution is 2.39. The van der Waals surface area contributed by atoms with Crippen molar-refractivity contribution in [1.29, 1.82) is 10.5 Å². The van der Waals surface area contributed by atoms with Gasteiger partial charge < -0.3 is 10.5 Å². The molecule has 3 aromatic heterocycles. The molecule has 1 saturated carbocycles. The van der Waals surface area contributed by atoms with Crippen LogP contribution in [0, 0.1) is 41.3 Å². The molecule has 41 heavy (non-hydrogen) atoms. The van der Waals surface area contributed by atoms with Gasteiger partial charge >= 0.3 is 5.97 Å². The van der Waals surface area contributed by atoms with Crippen molar-refractivity contribution < 1.29 is 13.9 Å². The minimum atomic E-state index is -0.613. The van der Waals surface area contributed by atoms with Crippen LogP contribution in [0.15, 0.2) is 52.6 Å². The molecule has 5 rings (SSSR count). The molecule has 0 radical (unpaired) electrons. The quantitative estimate of drug-likeness (QED) is 0.285. The fourth-order valence-electron chi connectivity index (χ4n) is 5.19. The van der Waals surface area contributed by atoms with Gasteiger partial charge in [0.05, 0.1) is 35.1 Å². The smallest absolute Gasteiger partial charge is 0.323 e. The molecule has 4 aromatic rings. The van der Waals surface area contributed by atoms with Crippen molar-refractivity contribution in [1.82, 2.24) is 19.4 Å². The van der Waals surface area contributed by atoms with Crippen LogP contribution in [0.1, 0.15) is 62.4 Å². The zero-order valence-electron chi connectivity index (χ0n) is 23.0. The number of nitriles is 2. The van der Waals surface area contributed by atoms with Crippen molar-refractivity contribution in [3.8, 4) is 23.3 Å². The summed E-state index contributed by atoms with van der Waals surface area (Å²) in [6.07, 6.45) is 8.18. The standard InChI is InChI=1S/C30H30FN7O2S/c1-17(2)28(34)30(39)40-24-7-5-23(6-8-24)38-18(3)25(15-36-38)20-11-27(29-21(13-33)14-35-37(29)16-20)41-26-9-4-22(31)10-19(26)12-32/h4,9-11,14-17,23-24,28H,5-8,34H2,1-3H3/t23?,24?,28-/m1/s1. The SMILES string of the molecule is Cc1c(-c2cc(Sc3ccc(F)cc3C#N)c3c(C#N)cnn3c2)cnn1C1CCC(OC(=O)[C@H](N)C(C)C)CC1. The lowest BCUT2D eigenvalue weighted by Gasteiger charge is -2.30. The minimum absolute atomic E-state index is 0.0273. The van der Waals surface area contributed by atoms with Crippen molar-refractivity contribution in [2.24, 2.45) is 11.7 Å². The maximum absolute atomic E-state index is 13.8. The molecule has 0 bridgehead atoms. The zero-order chi connectivity index (χ0) is 29.3. The number of fused-ring (bicyclic) bond motifs is 1. The van der Waals surface area contributed by atoms with Crippen molar-refractivity contribution in [2.45, 2.75) is 74.4 Å². The first-order valence-corrected chi connectivity index (χ1v) is 14.3. The van der Waals surface area contributed by atoms with E-state index >= 15 is 0 Å². The molecule has 3 heterocycles. The Kier molecular flexibility index (Phi) is 8.11. The van der Waals surface area contributed by atoms with Crippen LogP contribution in [0.3, 0.4) is 0 Å². The van der Waals surface area contributed by atoms with Crippen LogP contribution in [0.4, 0.5) is 4.39 Å². The number of nitrogens with zero attached hydrogens (tertiary/aromatic N) is 6. The third kappa shape index (κ3) is 5.69. The van der Waals surface area contributed by atoms with Crippen molar-refractivity contribution >= 4 is 23.2 Å². The summed E-state index contributed by atoms with van der Waals surface area (Å²) in [4.78, 5) is 13.6. The summed E-state index contributed by atoms with van der Waals surface area (Å²) in [5.74, 6) is -0.800. The van der Waals surface area contributed by atoms with Gasteiger partial charge in [-0.2, -0.15) is 20.7 Å². The Hall–Kier alpha value is -4.19. The van der Waals surface area contributed by atoms with Crippen LogP contribution in [0.2, 0.25) is 0 Å². The van der Waals surface area contributed by atoms with Gasteiger partial charge in [0.15, 0.2) is 0 Å². The van der Waals surface area contributed by atoms with E-state index in [4.69, 9.17) is 15.6 Å². The summed E-state index contributed by atoms with van der Waals surface area (Å²) in [6.45, 7) is 5.83. The van der Waals surface area contributed by atoms with Crippen molar-refractivity contribution in [2.75, 3.05) is 0 Å². The van der Waals surface area contributed by atoms with Gasteiger partial charge in [-0.1, -0.05) is 25.6 Å². The number of nitrogens with two attached hydrogens (primary N) is 1. The number of pyridine rings is 1.